The van der Waals surface area contributed by atoms with Gasteiger partial charge in [0.15, 0.2) is 12.0 Å². The second-order valence-electron chi connectivity index (χ2n) is 12.7. The number of likely N-dealkylation sites (tertiary alicyclic amines) is 1. The van der Waals surface area contributed by atoms with Crippen molar-refractivity contribution in [3.63, 3.8) is 0 Å². The molecule has 13 nitrogen and oxygen atoms in total. The van der Waals surface area contributed by atoms with Crippen LogP contribution < -0.4 is 15.1 Å². The highest BCUT2D eigenvalue weighted by atomic mass is 19.1. The lowest BCUT2D eigenvalue weighted by molar-refractivity contribution is -0.139. The number of halogens is 1. The molecular weight excluding hydrogens is 617 g/mol. The average molecular weight is 656 g/mol. The smallest absolute Gasteiger partial charge is 0.248 e. The van der Waals surface area contributed by atoms with Crippen molar-refractivity contribution in [2.75, 3.05) is 64.0 Å². The summed E-state index contributed by atoms with van der Waals surface area (Å²) in [6.07, 6.45) is -0.324. The summed E-state index contributed by atoms with van der Waals surface area (Å²) in [6.45, 7) is 7.24. The van der Waals surface area contributed by atoms with E-state index >= 15 is 4.39 Å². The average Bonchev–Trinajstić information content (AvgIpc) is 3.53. The number of ether oxygens (including phenoxy) is 2. The molecule has 1 aromatic heterocycles. The fraction of sp³-hybridized carbons (Fsp3) is 0.471. The first-order chi connectivity index (χ1) is 23.4. The van der Waals surface area contributed by atoms with Crippen molar-refractivity contribution in [3.8, 4) is 23.2 Å². The molecule has 2 amide bonds. The van der Waals surface area contributed by atoms with E-state index < -0.39 is 18.2 Å². The van der Waals surface area contributed by atoms with E-state index in [4.69, 9.17) is 14.5 Å². The Morgan fingerprint density at radius 1 is 1.12 bits per heavy atom. The van der Waals surface area contributed by atoms with Crippen molar-refractivity contribution >= 4 is 23.5 Å². The maximum Gasteiger partial charge on any atom is 0.248 e. The first kappa shape index (κ1) is 31.9. The third-order valence-electron chi connectivity index (χ3n) is 9.53. The number of aromatic nitrogens is 3. The molecule has 7 rings (SSSR count). The zero-order valence-electron chi connectivity index (χ0n) is 26.8. The van der Waals surface area contributed by atoms with E-state index in [9.17, 15) is 14.9 Å². The zero-order valence-corrected chi connectivity index (χ0v) is 26.8. The van der Waals surface area contributed by atoms with Gasteiger partial charge in [-0.15, -0.1) is 0 Å². The third-order valence-corrected chi connectivity index (χ3v) is 9.53. The maximum absolute atomic E-state index is 15.4. The van der Waals surface area contributed by atoms with E-state index in [1.54, 1.807) is 12.1 Å². The normalized spacial score (nSPS) is 23.6. The number of piperazine rings is 1. The second kappa shape index (κ2) is 13.8. The minimum Gasteiger partial charge on any atom is -0.487 e. The summed E-state index contributed by atoms with van der Waals surface area (Å²) in [5, 5.41) is 17.1. The van der Waals surface area contributed by atoms with Gasteiger partial charge in [0.05, 0.1) is 43.0 Å². The van der Waals surface area contributed by atoms with Crippen LogP contribution in [-0.2, 0) is 14.3 Å². The van der Waals surface area contributed by atoms with Crippen molar-refractivity contribution in [3.05, 3.63) is 59.9 Å². The highest BCUT2D eigenvalue weighted by Gasteiger charge is 2.38. The van der Waals surface area contributed by atoms with Crippen LogP contribution in [0.1, 0.15) is 24.0 Å². The predicted molar refractivity (Wildman–Crippen MR) is 173 cm³/mol. The maximum atomic E-state index is 15.4. The molecule has 0 radical (unpaired) electrons. The van der Waals surface area contributed by atoms with Gasteiger partial charge in [-0.3, -0.25) is 14.5 Å². The van der Waals surface area contributed by atoms with E-state index in [1.165, 1.54) is 11.2 Å². The van der Waals surface area contributed by atoms with Crippen LogP contribution in [0.25, 0.3) is 11.4 Å². The van der Waals surface area contributed by atoms with E-state index in [2.05, 4.69) is 31.3 Å². The number of rotatable bonds is 8. The Kier molecular flexibility index (Phi) is 9.16. The number of hydrazine groups is 1. The van der Waals surface area contributed by atoms with Crippen LogP contribution in [0.15, 0.2) is 48.8 Å². The Bertz CT molecular complexity index is 1690. The number of carbonyl (C=O) groups is 2. The molecule has 3 atom stereocenters. The number of carbonyl (C=O) groups excluding carboxylic acids is 2. The molecule has 2 aromatic carbocycles. The summed E-state index contributed by atoms with van der Waals surface area (Å²) < 4.78 is 26.9. The quantitative estimate of drug-likeness (QED) is 0.382. The van der Waals surface area contributed by atoms with Crippen LogP contribution in [0.5, 0.6) is 5.75 Å². The van der Waals surface area contributed by atoms with Crippen molar-refractivity contribution in [2.24, 2.45) is 5.92 Å². The molecule has 4 saturated heterocycles. The van der Waals surface area contributed by atoms with Gasteiger partial charge in [-0.1, -0.05) is 18.2 Å². The summed E-state index contributed by atoms with van der Waals surface area (Å²) in [4.78, 5) is 42.2. The lowest BCUT2D eigenvalue weighted by Gasteiger charge is -2.45. The lowest BCUT2D eigenvalue weighted by atomic mass is 10.0. The third kappa shape index (κ3) is 6.53. The molecule has 0 aliphatic carbocycles. The molecule has 4 fully saturated rings. The molecule has 4 aliphatic rings. The fourth-order valence-electron chi connectivity index (χ4n) is 6.71. The summed E-state index contributed by atoms with van der Waals surface area (Å²) in [6, 6.07) is 16.0. The highest BCUT2D eigenvalue weighted by Crippen LogP contribution is 2.33. The van der Waals surface area contributed by atoms with Gasteiger partial charge in [0.2, 0.25) is 17.8 Å². The van der Waals surface area contributed by atoms with E-state index in [1.807, 2.05) is 42.3 Å². The molecule has 3 aromatic rings. The van der Waals surface area contributed by atoms with Crippen LogP contribution in [0.2, 0.25) is 0 Å². The number of nitrogens with one attached hydrogen (secondary N) is 1. The van der Waals surface area contributed by atoms with Gasteiger partial charge in [0.1, 0.15) is 24.3 Å². The van der Waals surface area contributed by atoms with Gasteiger partial charge >= 0.3 is 0 Å². The Balaban J connectivity index is 1.09. The van der Waals surface area contributed by atoms with Crippen molar-refractivity contribution in [2.45, 2.75) is 38.1 Å². The van der Waals surface area contributed by atoms with Crippen LogP contribution >= 0.6 is 0 Å². The first-order valence-corrected chi connectivity index (χ1v) is 16.4. The largest absolute Gasteiger partial charge is 0.487 e. The molecule has 5 heterocycles. The SMILES string of the molecule is Cc1cc(-c2ncnc(N(c3ccccc3)N3CCN(C4COC4)CC3)n2)c(C#N)cc1O[C@H]1CCN(C(=O)[C@@H]2CNC(=O)C2)C[C@@H]1F. The topological polar surface area (TPSA) is 140 Å². The molecule has 4 aliphatic heterocycles. The zero-order chi connectivity index (χ0) is 33.2. The molecule has 0 saturated carbocycles. The molecule has 1 N–H and O–H groups in total. The first-order valence-electron chi connectivity index (χ1n) is 16.4. The fourth-order valence-corrected chi connectivity index (χ4v) is 6.71. The monoisotopic (exact) mass is 655 g/mol. The number of amides is 2. The van der Waals surface area contributed by atoms with E-state index in [0.29, 0.717) is 47.7 Å². The number of anilines is 2. The van der Waals surface area contributed by atoms with Crippen molar-refractivity contribution < 1.29 is 23.5 Å². The Labute approximate surface area is 278 Å². The van der Waals surface area contributed by atoms with Gasteiger partial charge in [-0.25, -0.2) is 19.4 Å². The summed E-state index contributed by atoms with van der Waals surface area (Å²) in [5.74, 6) is 0.341. The van der Waals surface area contributed by atoms with E-state index in [0.717, 1.165) is 45.1 Å². The number of piperidine rings is 1. The Hall–Kier alpha value is -4.71. The van der Waals surface area contributed by atoms with Crippen LogP contribution in [0.4, 0.5) is 16.0 Å². The highest BCUT2D eigenvalue weighted by molar-refractivity contribution is 5.89. The van der Waals surface area contributed by atoms with Crippen LogP contribution in [0, 0.1) is 24.2 Å². The number of hydrogen-bond donors (Lipinski definition) is 1. The van der Waals surface area contributed by atoms with Gasteiger partial charge in [-0.05, 0) is 36.8 Å². The number of nitrogens with zero attached hydrogens (tertiary/aromatic N) is 8. The van der Waals surface area contributed by atoms with Gasteiger partial charge in [0, 0.05) is 57.7 Å². The Morgan fingerprint density at radius 3 is 2.58 bits per heavy atom. The minimum atomic E-state index is -1.42. The molecule has 48 heavy (non-hydrogen) atoms. The van der Waals surface area contributed by atoms with E-state index in [-0.39, 0.29) is 36.9 Å². The second-order valence-corrected chi connectivity index (χ2v) is 12.7. The molecule has 250 valence electrons. The Morgan fingerprint density at radius 2 is 1.92 bits per heavy atom. The summed E-state index contributed by atoms with van der Waals surface area (Å²) in [5.41, 5.74) is 2.42. The van der Waals surface area contributed by atoms with Crippen molar-refractivity contribution in [1.29, 1.82) is 5.26 Å². The van der Waals surface area contributed by atoms with Gasteiger partial charge in [-0.2, -0.15) is 15.2 Å². The molecule has 0 unspecified atom stereocenters. The lowest BCUT2D eigenvalue weighted by Crippen LogP contribution is -2.59. The molecule has 14 heteroatoms. The van der Waals surface area contributed by atoms with Crippen molar-refractivity contribution in [1.82, 2.24) is 35.1 Å². The molecular formula is C34H38FN9O4. The number of benzene rings is 2. The summed E-state index contributed by atoms with van der Waals surface area (Å²) >= 11 is 0. The van der Waals surface area contributed by atoms with Crippen LogP contribution in [0.3, 0.4) is 0 Å². The molecule has 0 bridgehead atoms. The number of nitriles is 1. The number of para-hydroxylation sites is 1. The number of aryl methyl sites for hydroxylation is 1. The van der Waals surface area contributed by atoms with Crippen LogP contribution in [-0.4, -0.2) is 119 Å². The number of hydrogen-bond acceptors (Lipinski definition) is 11. The molecule has 0 spiro atoms. The standard InChI is InChI=1S/C34H38FN9O4/c1-22-13-27(23(16-36)14-30(22)48-29-7-8-42(18-28(29)35)33(46)24-15-31(45)37-17-24)32-38-21-39-34(40-32)44(25-5-3-2-4-6-25)43-11-9-41(10-12-43)26-19-47-20-26/h2-6,13-14,21,24,26,28-29H,7-12,15,17-20H2,1H3,(H,37,45)/t24-,28-,29-/m0/s1. The predicted octanol–water partition coefficient (Wildman–Crippen LogP) is 2.24. The number of alkyl halides is 1. The summed E-state index contributed by atoms with van der Waals surface area (Å²) in [7, 11) is 0. The van der Waals surface area contributed by atoms with Gasteiger partial charge < -0.3 is 19.7 Å². The minimum absolute atomic E-state index is 0.105. The van der Waals surface area contributed by atoms with Gasteiger partial charge in [0.25, 0.3) is 0 Å².